The van der Waals surface area contributed by atoms with Crippen LogP contribution in [0.2, 0.25) is 0 Å². The number of halogens is 1. The van der Waals surface area contributed by atoms with Crippen LogP contribution in [-0.4, -0.2) is 17.0 Å². The average Bonchev–Trinajstić information content (AvgIpc) is 2.46. The monoisotopic (exact) mass is 274 g/mol. The summed E-state index contributed by atoms with van der Waals surface area (Å²) in [5, 5.41) is 0. The SMILES string of the molecule is CC1(C)C(Br)CC1OC1CCCCCC1. The maximum atomic E-state index is 6.26. The topological polar surface area (TPSA) is 9.23 Å². The van der Waals surface area contributed by atoms with Crippen LogP contribution in [0, 0.1) is 5.41 Å². The van der Waals surface area contributed by atoms with E-state index >= 15 is 0 Å². The number of hydrogen-bond acceptors (Lipinski definition) is 1. The second kappa shape index (κ2) is 4.75. The zero-order chi connectivity index (χ0) is 10.9. The zero-order valence-corrected chi connectivity index (χ0v) is 11.6. The summed E-state index contributed by atoms with van der Waals surface area (Å²) in [7, 11) is 0. The highest BCUT2D eigenvalue weighted by molar-refractivity contribution is 9.09. The van der Waals surface area contributed by atoms with Gasteiger partial charge in [0.05, 0.1) is 12.2 Å². The van der Waals surface area contributed by atoms with Gasteiger partial charge < -0.3 is 4.74 Å². The highest BCUT2D eigenvalue weighted by Crippen LogP contribution is 2.48. The van der Waals surface area contributed by atoms with Crippen molar-refractivity contribution in [3.8, 4) is 0 Å². The molecule has 0 N–H and O–H groups in total. The maximum Gasteiger partial charge on any atom is 0.0651 e. The molecule has 0 bridgehead atoms. The summed E-state index contributed by atoms with van der Waals surface area (Å²) in [4.78, 5) is 0.653. The summed E-state index contributed by atoms with van der Waals surface area (Å²) in [5.41, 5.74) is 0.340. The van der Waals surface area contributed by atoms with Gasteiger partial charge in [-0.1, -0.05) is 55.5 Å². The fraction of sp³-hybridized carbons (Fsp3) is 1.00. The lowest BCUT2D eigenvalue weighted by atomic mass is 9.69. The lowest BCUT2D eigenvalue weighted by molar-refractivity contribution is -0.124. The minimum atomic E-state index is 0.340. The van der Waals surface area contributed by atoms with E-state index < -0.39 is 0 Å². The molecule has 2 aliphatic rings. The van der Waals surface area contributed by atoms with Crippen molar-refractivity contribution in [1.29, 1.82) is 0 Å². The number of alkyl halides is 1. The molecule has 0 radical (unpaired) electrons. The van der Waals surface area contributed by atoms with Gasteiger partial charge in [0, 0.05) is 10.2 Å². The molecule has 2 unspecified atom stereocenters. The Labute approximate surface area is 102 Å². The Hall–Kier alpha value is 0.440. The van der Waals surface area contributed by atoms with Gasteiger partial charge >= 0.3 is 0 Å². The van der Waals surface area contributed by atoms with E-state index in [-0.39, 0.29) is 0 Å². The van der Waals surface area contributed by atoms with Gasteiger partial charge in [-0.25, -0.2) is 0 Å². The molecule has 0 amide bonds. The van der Waals surface area contributed by atoms with Crippen molar-refractivity contribution >= 4 is 15.9 Å². The quantitative estimate of drug-likeness (QED) is 0.539. The number of rotatable bonds is 2. The van der Waals surface area contributed by atoms with Gasteiger partial charge in [0.1, 0.15) is 0 Å². The summed E-state index contributed by atoms with van der Waals surface area (Å²) in [5.74, 6) is 0. The van der Waals surface area contributed by atoms with Crippen molar-refractivity contribution in [3.05, 3.63) is 0 Å². The van der Waals surface area contributed by atoms with Crippen LogP contribution < -0.4 is 0 Å². The molecule has 0 spiro atoms. The van der Waals surface area contributed by atoms with Crippen LogP contribution in [0.4, 0.5) is 0 Å². The second-order valence-corrected chi connectivity index (χ2v) is 6.87. The summed E-state index contributed by atoms with van der Waals surface area (Å²) < 4.78 is 6.26. The lowest BCUT2D eigenvalue weighted by Gasteiger charge is -2.50. The van der Waals surface area contributed by atoms with E-state index in [0.717, 1.165) is 0 Å². The van der Waals surface area contributed by atoms with Crippen molar-refractivity contribution in [2.24, 2.45) is 5.41 Å². The van der Waals surface area contributed by atoms with E-state index in [9.17, 15) is 0 Å². The van der Waals surface area contributed by atoms with Gasteiger partial charge in [-0.05, 0) is 19.3 Å². The summed E-state index contributed by atoms with van der Waals surface area (Å²) in [6, 6.07) is 0. The predicted octanol–water partition coefficient (Wildman–Crippen LogP) is 4.29. The Balaban J connectivity index is 1.81. The average molecular weight is 275 g/mol. The van der Waals surface area contributed by atoms with Crippen LogP contribution in [-0.2, 0) is 4.74 Å². The van der Waals surface area contributed by atoms with Crippen molar-refractivity contribution in [3.63, 3.8) is 0 Å². The molecule has 2 saturated carbocycles. The van der Waals surface area contributed by atoms with Gasteiger partial charge in [0.2, 0.25) is 0 Å². The molecular formula is C13H23BrO. The molecule has 2 heteroatoms. The molecule has 2 rings (SSSR count). The molecule has 2 atom stereocenters. The first-order valence-corrected chi connectivity index (χ1v) is 7.32. The van der Waals surface area contributed by atoms with Gasteiger partial charge in [-0.3, -0.25) is 0 Å². The van der Waals surface area contributed by atoms with Gasteiger partial charge in [-0.2, -0.15) is 0 Å². The van der Waals surface area contributed by atoms with E-state index in [1.165, 1.54) is 44.9 Å². The maximum absolute atomic E-state index is 6.26. The zero-order valence-electron chi connectivity index (χ0n) is 9.97. The van der Waals surface area contributed by atoms with Crippen molar-refractivity contribution in [2.45, 2.75) is 75.8 Å². The molecule has 15 heavy (non-hydrogen) atoms. The Kier molecular flexibility index (Phi) is 3.77. The molecule has 0 aromatic carbocycles. The van der Waals surface area contributed by atoms with E-state index in [4.69, 9.17) is 4.74 Å². The molecule has 0 aromatic rings. The van der Waals surface area contributed by atoms with Crippen LogP contribution in [0.1, 0.15) is 58.8 Å². The summed E-state index contributed by atoms with van der Waals surface area (Å²) in [6.07, 6.45) is 10.4. The van der Waals surface area contributed by atoms with E-state index in [0.29, 0.717) is 22.5 Å². The molecule has 0 saturated heterocycles. The third kappa shape index (κ3) is 2.58. The Morgan fingerprint density at radius 2 is 1.67 bits per heavy atom. The smallest absolute Gasteiger partial charge is 0.0651 e. The molecule has 88 valence electrons. The first-order chi connectivity index (χ1) is 7.10. The molecule has 2 fully saturated rings. The van der Waals surface area contributed by atoms with Crippen LogP contribution in [0.15, 0.2) is 0 Å². The van der Waals surface area contributed by atoms with Gasteiger partial charge in [-0.15, -0.1) is 0 Å². The van der Waals surface area contributed by atoms with Crippen LogP contribution >= 0.6 is 15.9 Å². The minimum absolute atomic E-state index is 0.340. The summed E-state index contributed by atoms with van der Waals surface area (Å²) in [6.45, 7) is 4.63. The Bertz CT molecular complexity index is 207. The minimum Gasteiger partial charge on any atom is -0.374 e. The van der Waals surface area contributed by atoms with E-state index in [2.05, 4.69) is 29.8 Å². The third-order valence-electron chi connectivity index (χ3n) is 4.22. The summed E-state index contributed by atoms with van der Waals surface area (Å²) >= 11 is 3.72. The second-order valence-electron chi connectivity index (χ2n) is 5.76. The highest BCUT2D eigenvalue weighted by atomic mass is 79.9. The normalized spacial score (nSPS) is 37.0. The third-order valence-corrected chi connectivity index (χ3v) is 5.77. The standard InChI is InChI=1S/C13H23BrO/c1-13(2)11(14)9-12(13)15-10-7-5-3-4-6-8-10/h10-12H,3-9H2,1-2H3. The van der Waals surface area contributed by atoms with Crippen LogP contribution in [0.25, 0.3) is 0 Å². The van der Waals surface area contributed by atoms with Crippen molar-refractivity contribution in [1.82, 2.24) is 0 Å². The largest absolute Gasteiger partial charge is 0.374 e. The fourth-order valence-electron chi connectivity index (χ4n) is 2.68. The van der Waals surface area contributed by atoms with E-state index in [1.807, 2.05) is 0 Å². The molecule has 1 nitrogen and oxygen atoms in total. The predicted molar refractivity (Wildman–Crippen MR) is 67.5 cm³/mol. The molecule has 0 aliphatic heterocycles. The van der Waals surface area contributed by atoms with Crippen LogP contribution in [0.5, 0.6) is 0 Å². The van der Waals surface area contributed by atoms with Crippen molar-refractivity contribution < 1.29 is 4.74 Å². The number of hydrogen-bond donors (Lipinski definition) is 0. The van der Waals surface area contributed by atoms with E-state index in [1.54, 1.807) is 0 Å². The van der Waals surface area contributed by atoms with Crippen molar-refractivity contribution in [2.75, 3.05) is 0 Å². The highest BCUT2D eigenvalue weighted by Gasteiger charge is 2.48. The van der Waals surface area contributed by atoms with Crippen LogP contribution in [0.3, 0.4) is 0 Å². The molecular weight excluding hydrogens is 252 g/mol. The van der Waals surface area contributed by atoms with Gasteiger partial charge in [0.15, 0.2) is 0 Å². The Morgan fingerprint density at radius 3 is 2.13 bits per heavy atom. The fourth-order valence-corrected chi connectivity index (χ4v) is 3.31. The first kappa shape index (κ1) is 11.9. The molecule has 2 aliphatic carbocycles. The lowest BCUT2D eigenvalue weighted by Crippen LogP contribution is -2.52. The Morgan fingerprint density at radius 1 is 1.07 bits per heavy atom. The molecule has 0 aromatic heterocycles. The first-order valence-electron chi connectivity index (χ1n) is 6.40. The van der Waals surface area contributed by atoms with Gasteiger partial charge in [0.25, 0.3) is 0 Å². The molecule has 0 heterocycles. The number of ether oxygens (including phenoxy) is 1.